The Labute approximate surface area is 140 Å². The highest BCUT2D eigenvalue weighted by Gasteiger charge is 2.35. The smallest absolute Gasteiger partial charge is 0.0165 e. The van der Waals surface area contributed by atoms with Gasteiger partial charge >= 0.3 is 0 Å². The Hall–Kier alpha value is -0.260. The fourth-order valence-electron chi connectivity index (χ4n) is 4.37. The zero-order chi connectivity index (χ0) is 15.5. The van der Waals surface area contributed by atoms with Gasteiger partial charge < -0.3 is 0 Å². The molecule has 2 bridgehead atoms. The third kappa shape index (κ3) is 6.88. The van der Waals surface area contributed by atoms with E-state index in [2.05, 4.69) is 19.1 Å². The van der Waals surface area contributed by atoms with Gasteiger partial charge in [-0.1, -0.05) is 103 Å². The molecule has 0 heteroatoms. The molecule has 22 heavy (non-hydrogen) atoms. The first-order chi connectivity index (χ1) is 10.9. The van der Waals surface area contributed by atoms with E-state index < -0.39 is 0 Å². The molecule has 0 spiro atoms. The monoisotopic (exact) mass is 303 g/mol. The van der Waals surface area contributed by atoms with Crippen LogP contribution in [0.3, 0.4) is 0 Å². The Bertz CT molecular complexity index is 290. The van der Waals surface area contributed by atoms with Gasteiger partial charge in [0.15, 0.2) is 0 Å². The fraction of sp³-hybridized carbons (Fsp3) is 0.864. The highest BCUT2D eigenvalue weighted by molar-refractivity contribution is 5.21. The molecule has 0 amide bonds. The summed E-state index contributed by atoms with van der Waals surface area (Å²) >= 11 is 0. The summed E-state index contributed by atoms with van der Waals surface area (Å²) in [5.74, 6) is 3.71. The summed E-state index contributed by atoms with van der Waals surface area (Å²) in [4.78, 5) is 0. The van der Waals surface area contributed by atoms with Crippen LogP contribution in [0.4, 0.5) is 0 Å². The van der Waals surface area contributed by atoms with Crippen LogP contribution in [-0.2, 0) is 0 Å². The Kier molecular flexibility index (Phi) is 9.29. The predicted molar refractivity (Wildman–Crippen MR) is 98.9 cm³/mol. The first-order valence-corrected chi connectivity index (χ1v) is 10.4. The second kappa shape index (κ2) is 11.3. The van der Waals surface area contributed by atoms with E-state index >= 15 is 0 Å². The summed E-state index contributed by atoms with van der Waals surface area (Å²) in [5.41, 5.74) is 0. The first-order valence-electron chi connectivity index (χ1n) is 10.4. The van der Waals surface area contributed by atoms with Crippen molar-refractivity contribution in [3.05, 3.63) is 18.1 Å². The molecule has 2 atom stereocenters. The lowest BCUT2D eigenvalue weighted by molar-refractivity contribution is 0.529. The highest BCUT2D eigenvalue weighted by atomic mass is 14.4. The summed E-state index contributed by atoms with van der Waals surface area (Å²) in [7, 11) is 0. The maximum absolute atomic E-state index is 2.48. The Morgan fingerprint density at radius 1 is 0.727 bits per heavy atom. The minimum absolute atomic E-state index is 0.891. The topological polar surface area (TPSA) is 0 Å². The Balaban J connectivity index is 1.27. The third-order valence-electron chi connectivity index (χ3n) is 5.82. The average molecular weight is 304 g/mol. The second-order valence-electron chi connectivity index (χ2n) is 7.84. The van der Waals surface area contributed by atoms with Gasteiger partial charge in [-0.25, -0.2) is 0 Å². The molecule has 0 aromatic heterocycles. The van der Waals surface area contributed by atoms with E-state index in [4.69, 9.17) is 0 Å². The van der Waals surface area contributed by atoms with Crippen LogP contribution in [0, 0.1) is 17.8 Å². The quantitative estimate of drug-likeness (QED) is 0.228. The van der Waals surface area contributed by atoms with Crippen molar-refractivity contribution in [1.82, 2.24) is 0 Å². The number of unbranched alkanes of at least 4 members (excludes halogenated alkanes) is 12. The molecular weight excluding hydrogens is 264 g/mol. The zero-order valence-electron chi connectivity index (χ0n) is 15.1. The molecule has 0 saturated heterocycles. The molecule has 1 saturated carbocycles. The lowest BCUT2D eigenvalue weighted by Gasteiger charge is -2.16. The predicted octanol–water partition coefficient (Wildman–Crippen LogP) is 7.64. The molecule has 0 N–H and O–H groups in total. The summed E-state index contributed by atoms with van der Waals surface area (Å²) in [6.07, 6.45) is 28.3. The van der Waals surface area contributed by atoms with Crippen LogP contribution in [0.5, 0.6) is 0 Å². The van der Waals surface area contributed by atoms with Gasteiger partial charge in [0, 0.05) is 0 Å². The van der Waals surface area contributed by atoms with Crippen molar-refractivity contribution in [3.63, 3.8) is 0 Å². The van der Waals surface area contributed by atoms with E-state index in [-0.39, 0.29) is 0 Å². The number of hydrogen-bond donors (Lipinski definition) is 0. The van der Waals surface area contributed by atoms with Crippen molar-refractivity contribution in [2.24, 2.45) is 11.8 Å². The molecule has 0 aromatic rings. The van der Waals surface area contributed by atoms with Gasteiger partial charge in [-0.05, 0) is 37.0 Å². The van der Waals surface area contributed by atoms with Gasteiger partial charge in [0.25, 0.3) is 0 Å². The Morgan fingerprint density at radius 3 is 1.73 bits per heavy atom. The summed E-state index contributed by atoms with van der Waals surface area (Å²) < 4.78 is 0. The normalized spacial score (nSPS) is 23.7. The Morgan fingerprint density at radius 2 is 1.27 bits per heavy atom. The van der Waals surface area contributed by atoms with Crippen molar-refractivity contribution >= 4 is 0 Å². The molecule has 2 rings (SSSR count). The van der Waals surface area contributed by atoms with E-state index in [1.165, 1.54) is 103 Å². The number of fused-ring (bicyclic) bond motifs is 2. The second-order valence-corrected chi connectivity index (χ2v) is 7.84. The molecule has 1 fully saturated rings. The number of allylic oxidation sites excluding steroid dienone is 2. The van der Waals surface area contributed by atoms with Gasteiger partial charge in [-0.15, -0.1) is 0 Å². The van der Waals surface area contributed by atoms with Crippen LogP contribution < -0.4 is 0 Å². The SMILES string of the molecule is CCCCCCCCCCCCCCC[C]1CC2C=CC1C2. The first kappa shape index (κ1) is 18.1. The molecule has 2 aliphatic rings. The number of rotatable bonds is 14. The van der Waals surface area contributed by atoms with Gasteiger partial charge in [-0.2, -0.15) is 0 Å². The summed E-state index contributed by atoms with van der Waals surface area (Å²) in [5, 5.41) is 0. The van der Waals surface area contributed by atoms with E-state index in [0.717, 1.165) is 11.8 Å². The van der Waals surface area contributed by atoms with E-state index in [0.29, 0.717) is 0 Å². The van der Waals surface area contributed by atoms with Crippen LogP contribution in [0.1, 0.15) is 110 Å². The van der Waals surface area contributed by atoms with Crippen molar-refractivity contribution in [2.45, 2.75) is 110 Å². The molecule has 2 aliphatic carbocycles. The maximum atomic E-state index is 2.48. The van der Waals surface area contributed by atoms with E-state index in [9.17, 15) is 0 Å². The molecule has 0 aliphatic heterocycles. The minimum Gasteiger partial charge on any atom is -0.0851 e. The van der Waals surface area contributed by atoms with Gasteiger partial charge in [0.2, 0.25) is 0 Å². The van der Waals surface area contributed by atoms with E-state index in [1.807, 2.05) is 5.92 Å². The molecular formula is C22H39. The van der Waals surface area contributed by atoms with Crippen molar-refractivity contribution in [3.8, 4) is 0 Å². The average Bonchev–Trinajstić information content (AvgIpc) is 3.14. The highest BCUT2D eigenvalue weighted by Crippen LogP contribution is 2.46. The minimum atomic E-state index is 0.891. The van der Waals surface area contributed by atoms with Crippen molar-refractivity contribution < 1.29 is 0 Å². The molecule has 1 radical (unpaired) electrons. The fourth-order valence-corrected chi connectivity index (χ4v) is 4.37. The van der Waals surface area contributed by atoms with Crippen molar-refractivity contribution in [2.75, 3.05) is 0 Å². The molecule has 0 aromatic carbocycles. The lowest BCUT2D eigenvalue weighted by atomic mass is 9.88. The van der Waals surface area contributed by atoms with Crippen molar-refractivity contribution in [1.29, 1.82) is 0 Å². The number of hydrogen-bond acceptors (Lipinski definition) is 0. The van der Waals surface area contributed by atoms with Crippen LogP contribution >= 0.6 is 0 Å². The van der Waals surface area contributed by atoms with Gasteiger partial charge in [-0.3, -0.25) is 0 Å². The van der Waals surface area contributed by atoms with Crippen LogP contribution in [0.2, 0.25) is 0 Å². The van der Waals surface area contributed by atoms with Crippen LogP contribution in [0.25, 0.3) is 0 Å². The maximum Gasteiger partial charge on any atom is -0.0165 e. The molecule has 0 heterocycles. The standard InChI is InChI=1S/C22H39/c1-2-3-4-5-6-7-8-9-10-11-12-13-14-15-21-18-20-16-17-22(21)19-20/h16-17,20,22H,2-15,18-19H2,1H3. The zero-order valence-corrected chi connectivity index (χ0v) is 15.1. The van der Waals surface area contributed by atoms with Crippen LogP contribution in [-0.4, -0.2) is 0 Å². The molecule has 127 valence electrons. The third-order valence-corrected chi connectivity index (χ3v) is 5.82. The van der Waals surface area contributed by atoms with E-state index in [1.54, 1.807) is 0 Å². The van der Waals surface area contributed by atoms with Gasteiger partial charge in [0.1, 0.15) is 0 Å². The lowest BCUT2D eigenvalue weighted by Crippen LogP contribution is -2.03. The largest absolute Gasteiger partial charge is 0.0851 e. The molecule has 0 nitrogen and oxygen atoms in total. The summed E-state index contributed by atoms with van der Waals surface area (Å²) in [6.45, 7) is 2.30. The summed E-state index contributed by atoms with van der Waals surface area (Å²) in [6, 6.07) is 0. The van der Waals surface area contributed by atoms with Gasteiger partial charge in [0.05, 0.1) is 0 Å². The van der Waals surface area contributed by atoms with Crippen LogP contribution in [0.15, 0.2) is 12.2 Å². The molecule has 2 unspecified atom stereocenters.